The molecule has 0 unspecified atom stereocenters. The minimum atomic E-state index is -1.22. The van der Waals surface area contributed by atoms with Gasteiger partial charge in [-0.1, -0.05) is 60.7 Å². The predicted molar refractivity (Wildman–Crippen MR) is 125 cm³/mol. The number of carboxylic acid groups (broad SMARTS) is 1. The van der Waals surface area contributed by atoms with Crippen LogP contribution in [0.5, 0.6) is 0 Å². The monoisotopic (exact) mass is 446 g/mol. The highest BCUT2D eigenvalue weighted by Crippen LogP contribution is 2.17. The van der Waals surface area contributed by atoms with Gasteiger partial charge in [0.05, 0.1) is 0 Å². The average molecular weight is 446 g/mol. The summed E-state index contributed by atoms with van der Waals surface area (Å²) in [5.41, 5.74) is 3.37. The van der Waals surface area contributed by atoms with Gasteiger partial charge in [-0.05, 0) is 12.0 Å². The van der Waals surface area contributed by atoms with Crippen molar-refractivity contribution in [1.29, 1.82) is 0 Å². The van der Waals surface area contributed by atoms with E-state index in [0.717, 1.165) is 10.1 Å². The van der Waals surface area contributed by atoms with Gasteiger partial charge in [-0.15, -0.1) is 0 Å². The third kappa shape index (κ3) is 4.18. The number of hydrazone groups is 1. The molecule has 0 bridgehead atoms. The number of imidazole rings is 1. The first-order chi connectivity index (χ1) is 15.9. The SMILES string of the molecule is Cn1c(=O)c2c(nc(N/N=C(\C(=O)O)c3ccccc3)n2CCc2ccccc2)n(C)c1=O. The molecular formula is C23H22N6O4. The second-order valence-electron chi connectivity index (χ2n) is 7.44. The number of hydrogen-bond donors (Lipinski definition) is 2. The van der Waals surface area contributed by atoms with E-state index in [4.69, 9.17) is 0 Å². The molecule has 2 aromatic heterocycles. The Kier molecular flexibility index (Phi) is 5.90. The first kappa shape index (κ1) is 21.8. The molecule has 10 heteroatoms. The number of carbonyl (C=O) groups is 1. The van der Waals surface area contributed by atoms with Crippen molar-refractivity contribution < 1.29 is 9.90 Å². The van der Waals surface area contributed by atoms with E-state index in [0.29, 0.717) is 18.5 Å². The lowest BCUT2D eigenvalue weighted by atomic mass is 10.1. The summed E-state index contributed by atoms with van der Waals surface area (Å²) in [7, 11) is 2.93. The van der Waals surface area contributed by atoms with E-state index in [-0.39, 0.29) is 22.8 Å². The maximum Gasteiger partial charge on any atom is 0.356 e. The number of hydrogen-bond acceptors (Lipinski definition) is 6. The molecule has 33 heavy (non-hydrogen) atoms. The van der Waals surface area contributed by atoms with Crippen LogP contribution in [0.4, 0.5) is 5.95 Å². The first-order valence-corrected chi connectivity index (χ1v) is 10.2. The highest BCUT2D eigenvalue weighted by molar-refractivity contribution is 6.42. The Balaban J connectivity index is 1.83. The van der Waals surface area contributed by atoms with Crippen LogP contribution >= 0.6 is 0 Å². The van der Waals surface area contributed by atoms with Crippen LogP contribution in [0.15, 0.2) is 75.4 Å². The molecule has 168 valence electrons. The van der Waals surface area contributed by atoms with Crippen LogP contribution in [0, 0.1) is 0 Å². The minimum Gasteiger partial charge on any atom is -0.476 e. The number of benzene rings is 2. The Hall–Kier alpha value is -4.47. The lowest BCUT2D eigenvalue weighted by molar-refractivity contribution is -0.129. The molecule has 0 saturated carbocycles. The Morgan fingerprint density at radius 3 is 2.27 bits per heavy atom. The number of aromatic nitrogens is 4. The van der Waals surface area contributed by atoms with Crippen LogP contribution in [-0.2, 0) is 31.9 Å². The normalized spacial score (nSPS) is 11.6. The number of nitrogens with zero attached hydrogens (tertiary/aromatic N) is 5. The molecule has 2 aromatic carbocycles. The Morgan fingerprint density at radius 1 is 1.00 bits per heavy atom. The quantitative estimate of drug-likeness (QED) is 0.328. The van der Waals surface area contributed by atoms with Crippen molar-refractivity contribution >= 4 is 28.8 Å². The molecule has 0 atom stereocenters. The maximum atomic E-state index is 12.9. The average Bonchev–Trinajstić information content (AvgIpc) is 3.20. The molecule has 2 heterocycles. The van der Waals surface area contributed by atoms with Crippen LogP contribution in [0.25, 0.3) is 11.2 Å². The summed E-state index contributed by atoms with van der Waals surface area (Å²) in [4.78, 5) is 41.5. The summed E-state index contributed by atoms with van der Waals surface area (Å²) in [6.45, 7) is 0.361. The highest BCUT2D eigenvalue weighted by atomic mass is 16.4. The van der Waals surface area contributed by atoms with E-state index < -0.39 is 17.2 Å². The van der Waals surface area contributed by atoms with Gasteiger partial charge >= 0.3 is 11.7 Å². The number of anilines is 1. The van der Waals surface area contributed by atoms with E-state index in [1.807, 2.05) is 30.3 Å². The van der Waals surface area contributed by atoms with Crippen LogP contribution in [0.2, 0.25) is 0 Å². The molecular weight excluding hydrogens is 424 g/mol. The molecule has 0 saturated heterocycles. The molecule has 0 fully saturated rings. The van der Waals surface area contributed by atoms with Gasteiger partial charge in [-0.2, -0.15) is 10.1 Å². The summed E-state index contributed by atoms with van der Waals surface area (Å²) in [6, 6.07) is 18.2. The zero-order valence-corrected chi connectivity index (χ0v) is 18.1. The number of carboxylic acids is 1. The zero-order valence-electron chi connectivity index (χ0n) is 18.1. The van der Waals surface area contributed by atoms with Gasteiger partial charge in [0.1, 0.15) is 0 Å². The van der Waals surface area contributed by atoms with Crippen molar-refractivity contribution in [3.63, 3.8) is 0 Å². The molecule has 10 nitrogen and oxygen atoms in total. The zero-order chi connectivity index (χ0) is 23.5. The summed E-state index contributed by atoms with van der Waals surface area (Å²) in [6.07, 6.45) is 0.584. The smallest absolute Gasteiger partial charge is 0.356 e. The third-order valence-electron chi connectivity index (χ3n) is 5.33. The van der Waals surface area contributed by atoms with Crippen molar-refractivity contribution in [2.75, 3.05) is 5.43 Å². The van der Waals surface area contributed by atoms with Crippen LogP contribution in [-0.4, -0.2) is 35.5 Å². The summed E-state index contributed by atoms with van der Waals surface area (Å²) < 4.78 is 3.92. The summed E-state index contributed by atoms with van der Waals surface area (Å²) in [5, 5.41) is 13.7. The standard InChI is InChI=1S/C23H22N6O4/c1-27-19-18(20(30)28(2)23(27)33)29(14-13-15-9-5-3-6-10-15)22(24-19)26-25-17(21(31)32)16-11-7-4-8-12-16/h3-12H,13-14H2,1-2H3,(H,24,26)(H,31,32)/b25-17-. The molecule has 4 aromatic rings. The fourth-order valence-corrected chi connectivity index (χ4v) is 3.57. The number of nitrogens with one attached hydrogen (secondary N) is 1. The lowest BCUT2D eigenvalue weighted by Gasteiger charge is -2.10. The van der Waals surface area contributed by atoms with Crippen molar-refractivity contribution in [3.05, 3.63) is 92.6 Å². The highest BCUT2D eigenvalue weighted by Gasteiger charge is 2.20. The third-order valence-corrected chi connectivity index (χ3v) is 5.33. The number of aryl methyl sites for hydroxylation is 3. The predicted octanol–water partition coefficient (Wildman–Crippen LogP) is 1.58. The summed E-state index contributed by atoms with van der Waals surface area (Å²) >= 11 is 0. The van der Waals surface area contributed by atoms with E-state index in [2.05, 4.69) is 15.5 Å². The largest absolute Gasteiger partial charge is 0.476 e. The number of aliphatic carboxylic acids is 1. The molecule has 0 aliphatic heterocycles. The Labute approximate surface area is 188 Å². The summed E-state index contributed by atoms with van der Waals surface area (Å²) in [5.74, 6) is -1.06. The van der Waals surface area contributed by atoms with Gasteiger partial charge in [0.2, 0.25) is 5.95 Å². The van der Waals surface area contributed by atoms with Gasteiger partial charge < -0.3 is 9.67 Å². The fourth-order valence-electron chi connectivity index (χ4n) is 3.57. The molecule has 0 spiro atoms. The minimum absolute atomic E-state index is 0.161. The fraction of sp³-hybridized carbons (Fsp3) is 0.174. The van der Waals surface area contributed by atoms with E-state index in [1.54, 1.807) is 34.9 Å². The van der Waals surface area contributed by atoms with Crippen LogP contribution in [0.1, 0.15) is 11.1 Å². The van der Waals surface area contributed by atoms with E-state index >= 15 is 0 Å². The van der Waals surface area contributed by atoms with Gasteiger partial charge in [0, 0.05) is 26.2 Å². The number of rotatable bonds is 7. The second kappa shape index (κ2) is 8.95. The number of fused-ring (bicyclic) bond motifs is 1. The van der Waals surface area contributed by atoms with Crippen molar-refractivity contribution in [2.24, 2.45) is 19.2 Å². The molecule has 0 amide bonds. The maximum absolute atomic E-state index is 12.9. The topological polar surface area (TPSA) is 124 Å². The van der Waals surface area contributed by atoms with Crippen LogP contribution < -0.4 is 16.7 Å². The molecule has 0 radical (unpaired) electrons. The Bertz CT molecular complexity index is 1470. The Morgan fingerprint density at radius 2 is 1.64 bits per heavy atom. The van der Waals surface area contributed by atoms with Crippen molar-refractivity contribution in [3.8, 4) is 0 Å². The van der Waals surface area contributed by atoms with Crippen LogP contribution in [0.3, 0.4) is 0 Å². The second-order valence-corrected chi connectivity index (χ2v) is 7.44. The van der Waals surface area contributed by atoms with Gasteiger partial charge in [-0.25, -0.2) is 15.0 Å². The van der Waals surface area contributed by atoms with Crippen molar-refractivity contribution in [1.82, 2.24) is 18.7 Å². The molecule has 0 aliphatic carbocycles. The van der Waals surface area contributed by atoms with Gasteiger partial charge in [0.25, 0.3) is 5.56 Å². The van der Waals surface area contributed by atoms with E-state index in [1.165, 1.54) is 18.7 Å². The van der Waals surface area contributed by atoms with Gasteiger partial charge in [-0.3, -0.25) is 13.9 Å². The van der Waals surface area contributed by atoms with E-state index in [9.17, 15) is 19.5 Å². The molecule has 2 N–H and O–H groups in total. The van der Waals surface area contributed by atoms with Crippen molar-refractivity contribution in [2.45, 2.75) is 13.0 Å². The molecule has 0 aliphatic rings. The van der Waals surface area contributed by atoms with Gasteiger partial charge in [0.15, 0.2) is 16.9 Å². The molecule has 4 rings (SSSR count). The lowest BCUT2D eigenvalue weighted by Crippen LogP contribution is -2.37. The first-order valence-electron chi connectivity index (χ1n) is 10.2.